The first-order valence-electron chi connectivity index (χ1n) is 5.00. The third kappa shape index (κ3) is 10.9. The number of hydrogen-bond acceptors (Lipinski definition) is 0. The molecule has 0 radical (unpaired) electrons. The molecule has 0 aromatic heterocycles. The molecule has 3 aliphatic carbocycles. The van der Waals surface area contributed by atoms with Crippen molar-refractivity contribution < 1.29 is 0 Å². The Hall–Kier alpha value is 0. The second kappa shape index (κ2) is 5.76. The lowest BCUT2D eigenvalue weighted by molar-refractivity contribution is 0.504. The summed E-state index contributed by atoms with van der Waals surface area (Å²) in [5.41, 5.74) is 0. The summed E-state index contributed by atoms with van der Waals surface area (Å²) < 4.78 is 0. The predicted molar refractivity (Wildman–Crippen MR) is 46.2 cm³/mol. The minimum absolute atomic E-state index is 1.50. The molecule has 0 atom stereocenters. The number of hydrogen-bond donors (Lipinski definition) is 0. The van der Waals surface area contributed by atoms with Crippen molar-refractivity contribution in [2.75, 3.05) is 0 Å². The van der Waals surface area contributed by atoms with Crippen LogP contribution >= 0.6 is 0 Å². The molecule has 0 nitrogen and oxygen atoms in total. The van der Waals surface area contributed by atoms with E-state index in [2.05, 4.69) is 0 Å². The van der Waals surface area contributed by atoms with Crippen LogP contribution in [0.4, 0.5) is 0 Å². The van der Waals surface area contributed by atoms with E-state index in [9.17, 15) is 0 Å². The molecule has 0 N–H and O–H groups in total. The van der Waals surface area contributed by atoms with Gasteiger partial charge in [-0.1, -0.05) is 64.2 Å². The zero-order valence-corrected chi connectivity index (χ0v) is 7.07. The fraction of sp³-hybridized carbons (Fsp3) is 1.00. The summed E-state index contributed by atoms with van der Waals surface area (Å²) in [5.74, 6) is 0. The maximum absolute atomic E-state index is 1.50. The highest BCUT2D eigenvalue weighted by molar-refractivity contribution is 4.51. The minimum Gasteiger partial charge on any atom is -0.0533 e. The number of rotatable bonds is 0. The molecule has 0 heterocycles. The smallest absolute Gasteiger partial charge is 0.0533 e. The third-order valence-corrected chi connectivity index (χ3v) is 1.71. The first-order chi connectivity index (χ1) is 5.00. The largest absolute Gasteiger partial charge is 0.0533 e. The summed E-state index contributed by atoms with van der Waals surface area (Å²) in [6.45, 7) is 0. The van der Waals surface area contributed by atoms with Crippen LogP contribution in [0.15, 0.2) is 0 Å². The van der Waals surface area contributed by atoms with Crippen molar-refractivity contribution in [2.45, 2.75) is 64.2 Å². The lowest BCUT2D eigenvalue weighted by Gasteiger charge is -2.05. The molecule has 0 heteroatoms. The highest BCUT2D eigenvalue weighted by Crippen LogP contribution is 2.15. The Kier molecular flexibility index (Phi) is 4.67. The topological polar surface area (TPSA) is 0 Å². The van der Waals surface area contributed by atoms with Crippen LogP contribution < -0.4 is 0 Å². The Bertz CT molecular complexity index is 42.9. The predicted octanol–water partition coefficient (Wildman–Crippen LogP) is 3.90. The van der Waals surface area contributed by atoms with Crippen molar-refractivity contribution in [1.82, 2.24) is 0 Å². The van der Waals surface area contributed by atoms with Crippen molar-refractivity contribution in [3.63, 3.8) is 0 Å². The Morgan fingerprint density at radius 3 is 0.300 bits per heavy atom. The van der Waals surface area contributed by atoms with E-state index in [0.717, 1.165) is 0 Å². The third-order valence-electron chi connectivity index (χ3n) is 1.71. The molecule has 0 amide bonds. The van der Waals surface area contributed by atoms with Gasteiger partial charge in [-0.2, -0.15) is 0 Å². The second-order valence-corrected chi connectivity index (χ2v) is 3.54. The van der Waals surface area contributed by atoms with Gasteiger partial charge in [0.15, 0.2) is 0 Å². The van der Waals surface area contributed by atoms with Gasteiger partial charge in [-0.05, 0) is 0 Å². The highest BCUT2D eigenvalue weighted by Gasteiger charge is 1.95. The van der Waals surface area contributed by atoms with Gasteiger partial charge in [0.05, 0.1) is 0 Å². The zero-order valence-electron chi connectivity index (χ0n) is 7.07. The van der Waals surface area contributed by atoms with Gasteiger partial charge >= 0.3 is 0 Å². The van der Waals surface area contributed by atoms with E-state index in [1.165, 1.54) is 64.2 Å². The quantitative estimate of drug-likeness (QED) is 0.478. The van der Waals surface area contributed by atoms with Gasteiger partial charge in [0.2, 0.25) is 0 Å². The molecular formula is C10H20. The van der Waals surface area contributed by atoms with Crippen molar-refractivity contribution in [3.8, 4) is 0 Å². The summed E-state index contributed by atoms with van der Waals surface area (Å²) in [7, 11) is 0. The van der Waals surface area contributed by atoms with Crippen molar-refractivity contribution in [2.24, 2.45) is 0 Å². The molecular weight excluding hydrogens is 120 g/mol. The highest BCUT2D eigenvalue weighted by atomic mass is 14.0. The minimum atomic E-state index is 1.50. The summed E-state index contributed by atoms with van der Waals surface area (Å²) in [5, 5.41) is 0. The molecule has 3 saturated carbocycles. The van der Waals surface area contributed by atoms with Crippen LogP contribution in [0.2, 0.25) is 0 Å². The van der Waals surface area contributed by atoms with E-state index in [-0.39, 0.29) is 0 Å². The molecule has 10 heavy (non-hydrogen) atoms. The zero-order chi connectivity index (χ0) is 7.07. The first-order valence-corrected chi connectivity index (χ1v) is 5.00. The van der Waals surface area contributed by atoms with E-state index in [1.54, 1.807) is 0 Å². The Morgan fingerprint density at radius 2 is 0.300 bits per heavy atom. The molecule has 3 fully saturated rings. The fourth-order valence-corrected chi connectivity index (χ4v) is 0.250. The molecule has 60 valence electrons. The van der Waals surface area contributed by atoms with Crippen LogP contribution in [0.1, 0.15) is 64.2 Å². The second-order valence-electron chi connectivity index (χ2n) is 3.54. The maximum atomic E-state index is 1.50. The van der Waals surface area contributed by atoms with Crippen LogP contribution in [-0.4, -0.2) is 0 Å². The Labute approximate surface area is 65.0 Å². The molecule has 3 aliphatic rings. The summed E-state index contributed by atoms with van der Waals surface area (Å²) >= 11 is 0. The van der Waals surface area contributed by atoms with Gasteiger partial charge in [0.1, 0.15) is 0 Å². The van der Waals surface area contributed by atoms with Crippen molar-refractivity contribution >= 4 is 0 Å². The normalized spacial score (nSPS) is 24.0. The molecule has 0 aliphatic heterocycles. The van der Waals surface area contributed by atoms with E-state index >= 15 is 0 Å². The maximum Gasteiger partial charge on any atom is -0.0533 e. The van der Waals surface area contributed by atoms with E-state index < -0.39 is 0 Å². The molecule has 0 unspecified atom stereocenters. The van der Waals surface area contributed by atoms with Gasteiger partial charge in [0, 0.05) is 0 Å². The first kappa shape index (κ1) is 8.10. The van der Waals surface area contributed by atoms with E-state index in [4.69, 9.17) is 0 Å². The average molecular weight is 140 g/mol. The Balaban J connectivity index is 0.0000000762. The Morgan fingerprint density at radius 1 is 0.200 bits per heavy atom. The molecule has 0 aromatic carbocycles. The van der Waals surface area contributed by atoms with Gasteiger partial charge in [-0.3, -0.25) is 0 Å². The van der Waals surface area contributed by atoms with Crippen LogP contribution in [0, 0.1) is 0 Å². The SMILES string of the molecule is C1CC1.C1CC1.C1CCC1. The monoisotopic (exact) mass is 140 g/mol. The molecule has 0 aromatic rings. The summed E-state index contributed by atoms with van der Waals surface area (Å²) in [6, 6.07) is 0. The average Bonchev–Trinajstić information content (AvgIpc) is 2.58. The van der Waals surface area contributed by atoms with Crippen LogP contribution in [-0.2, 0) is 0 Å². The van der Waals surface area contributed by atoms with E-state index in [0.29, 0.717) is 0 Å². The van der Waals surface area contributed by atoms with Crippen molar-refractivity contribution in [1.29, 1.82) is 0 Å². The van der Waals surface area contributed by atoms with Crippen LogP contribution in [0.3, 0.4) is 0 Å². The fourth-order valence-electron chi connectivity index (χ4n) is 0.250. The van der Waals surface area contributed by atoms with Crippen LogP contribution in [0.25, 0.3) is 0 Å². The van der Waals surface area contributed by atoms with Gasteiger partial charge in [0.25, 0.3) is 0 Å². The van der Waals surface area contributed by atoms with Crippen molar-refractivity contribution in [3.05, 3.63) is 0 Å². The molecule has 0 saturated heterocycles. The van der Waals surface area contributed by atoms with Gasteiger partial charge < -0.3 is 0 Å². The summed E-state index contributed by atoms with van der Waals surface area (Å²) in [4.78, 5) is 0. The van der Waals surface area contributed by atoms with Crippen LogP contribution in [0.5, 0.6) is 0 Å². The standard InChI is InChI=1S/C4H8.2C3H6/c1-2-4-3-1;2*1-2-3-1/h1-4H2;2*1-3H2. The summed E-state index contributed by atoms with van der Waals surface area (Å²) in [6.07, 6.45) is 15.0. The van der Waals surface area contributed by atoms with Gasteiger partial charge in [-0.25, -0.2) is 0 Å². The molecule has 0 bridgehead atoms. The lowest BCUT2D eigenvalue weighted by Crippen LogP contribution is -1.85. The lowest BCUT2D eigenvalue weighted by atomic mass is 10.0. The molecule has 3 rings (SSSR count). The molecule has 0 spiro atoms. The van der Waals surface area contributed by atoms with Gasteiger partial charge in [-0.15, -0.1) is 0 Å². The van der Waals surface area contributed by atoms with E-state index in [1.807, 2.05) is 0 Å².